The van der Waals surface area contributed by atoms with E-state index in [1.807, 2.05) is 0 Å². The van der Waals surface area contributed by atoms with Gasteiger partial charge in [0.2, 0.25) is 0 Å². The third-order valence-electron chi connectivity index (χ3n) is 4.36. The van der Waals surface area contributed by atoms with Crippen molar-refractivity contribution < 1.29 is 9.13 Å². The molecule has 1 heterocycles. The third kappa shape index (κ3) is 3.74. The molecular weight excluding hydrogens is 347 g/mol. The predicted molar refractivity (Wildman–Crippen MR) is 103 cm³/mol. The van der Waals surface area contributed by atoms with Gasteiger partial charge in [-0.3, -0.25) is 9.59 Å². The van der Waals surface area contributed by atoms with Gasteiger partial charge in [0.25, 0.3) is 11.1 Å². The molecule has 27 heavy (non-hydrogen) atoms. The van der Waals surface area contributed by atoms with Crippen LogP contribution >= 0.6 is 0 Å². The number of rotatable bonds is 3. The van der Waals surface area contributed by atoms with E-state index in [-0.39, 0.29) is 27.6 Å². The molecule has 0 unspecified atom stereocenters. The molecule has 0 bridgehead atoms. The van der Waals surface area contributed by atoms with E-state index in [4.69, 9.17) is 4.74 Å². The van der Waals surface area contributed by atoms with Gasteiger partial charge in [-0.2, -0.15) is 0 Å². The Hall–Kier alpha value is -3.41. The Morgan fingerprint density at radius 1 is 0.778 bits per heavy atom. The molecule has 5 nitrogen and oxygen atoms in total. The number of aromatic nitrogens is 2. The van der Waals surface area contributed by atoms with Gasteiger partial charge in [-0.05, 0) is 47.5 Å². The Labute approximate surface area is 154 Å². The maximum atomic E-state index is 13.1. The van der Waals surface area contributed by atoms with Crippen LogP contribution in [0.15, 0.2) is 58.1 Å². The summed E-state index contributed by atoms with van der Waals surface area (Å²) in [5, 5.41) is 0.491. The molecule has 3 rings (SSSR count). The summed E-state index contributed by atoms with van der Waals surface area (Å²) in [5.74, 6) is 0.344. The second kappa shape index (κ2) is 7.45. The normalized spacial score (nSPS) is 12.4. The van der Waals surface area contributed by atoms with Crippen molar-refractivity contribution in [3.63, 3.8) is 0 Å². The topological polar surface area (TPSA) is 53.2 Å². The largest absolute Gasteiger partial charge is 0.497 e. The van der Waals surface area contributed by atoms with Crippen LogP contribution in [0.3, 0.4) is 0 Å². The van der Waals surface area contributed by atoms with Gasteiger partial charge in [0, 0.05) is 14.1 Å². The molecule has 0 saturated carbocycles. The number of hydrogen-bond donors (Lipinski definition) is 0. The van der Waals surface area contributed by atoms with Crippen LogP contribution < -0.4 is 26.6 Å². The molecule has 2 aromatic carbocycles. The van der Waals surface area contributed by atoms with Crippen LogP contribution in [0.1, 0.15) is 11.1 Å². The molecule has 0 aliphatic carbocycles. The Bertz CT molecular complexity index is 1210. The van der Waals surface area contributed by atoms with Crippen molar-refractivity contribution in [2.75, 3.05) is 7.11 Å². The van der Waals surface area contributed by atoms with E-state index in [1.165, 1.54) is 21.3 Å². The molecular formula is C21H19FN2O3. The molecule has 1 aromatic heterocycles. The summed E-state index contributed by atoms with van der Waals surface area (Å²) in [6.45, 7) is 0. The van der Waals surface area contributed by atoms with Crippen molar-refractivity contribution in [2.24, 2.45) is 14.1 Å². The van der Waals surface area contributed by atoms with Crippen molar-refractivity contribution >= 4 is 12.2 Å². The molecule has 0 aliphatic rings. The monoisotopic (exact) mass is 366 g/mol. The summed E-state index contributed by atoms with van der Waals surface area (Å²) < 4.78 is 20.8. The zero-order valence-electron chi connectivity index (χ0n) is 15.3. The maximum absolute atomic E-state index is 13.1. The highest BCUT2D eigenvalue weighted by molar-refractivity contribution is 5.50. The van der Waals surface area contributed by atoms with E-state index in [9.17, 15) is 14.0 Å². The van der Waals surface area contributed by atoms with Gasteiger partial charge in [0.1, 0.15) is 22.3 Å². The Balaban J connectivity index is 2.22. The third-order valence-corrected chi connectivity index (χ3v) is 4.36. The number of nitrogens with zero attached hydrogens (tertiary/aromatic N) is 2. The van der Waals surface area contributed by atoms with Crippen molar-refractivity contribution in [3.05, 3.63) is 96.9 Å². The fourth-order valence-corrected chi connectivity index (χ4v) is 2.74. The van der Waals surface area contributed by atoms with Gasteiger partial charge >= 0.3 is 0 Å². The van der Waals surface area contributed by atoms with Gasteiger partial charge in [0.15, 0.2) is 0 Å². The molecule has 0 aliphatic heterocycles. The zero-order valence-corrected chi connectivity index (χ0v) is 15.3. The zero-order chi connectivity index (χ0) is 19.6. The van der Waals surface area contributed by atoms with Crippen LogP contribution in [-0.2, 0) is 14.1 Å². The van der Waals surface area contributed by atoms with Crippen LogP contribution in [0, 0.1) is 5.82 Å². The van der Waals surface area contributed by atoms with Crippen LogP contribution in [0.2, 0.25) is 0 Å². The molecule has 0 fully saturated rings. The minimum Gasteiger partial charge on any atom is -0.497 e. The Morgan fingerprint density at radius 2 is 1.19 bits per heavy atom. The fourth-order valence-electron chi connectivity index (χ4n) is 2.74. The number of halogens is 1. The summed E-state index contributed by atoms with van der Waals surface area (Å²) in [5.41, 5.74) is 0.788. The van der Waals surface area contributed by atoms with Crippen molar-refractivity contribution in [1.29, 1.82) is 0 Å². The molecule has 0 radical (unpaired) electrons. The summed E-state index contributed by atoms with van der Waals surface area (Å²) >= 11 is 0. The number of benzene rings is 2. The average molecular weight is 366 g/mol. The first-order chi connectivity index (χ1) is 12.9. The molecule has 0 spiro atoms. The predicted octanol–water partition coefficient (Wildman–Crippen LogP) is 0.889. The Kier molecular flexibility index (Phi) is 5.07. The molecule has 0 N–H and O–H groups in total. The lowest BCUT2D eigenvalue weighted by Gasteiger charge is -2.05. The van der Waals surface area contributed by atoms with E-state index >= 15 is 0 Å². The lowest BCUT2D eigenvalue weighted by Crippen LogP contribution is -2.56. The molecule has 6 heteroatoms. The highest BCUT2D eigenvalue weighted by atomic mass is 19.1. The summed E-state index contributed by atoms with van der Waals surface area (Å²) in [4.78, 5) is 25.6. The van der Waals surface area contributed by atoms with Gasteiger partial charge < -0.3 is 13.9 Å². The number of methoxy groups -OCH3 is 1. The second-order valence-electron chi connectivity index (χ2n) is 6.11. The van der Waals surface area contributed by atoms with Crippen molar-refractivity contribution in [1.82, 2.24) is 9.13 Å². The number of ether oxygens (including phenoxy) is 1. The second-order valence-corrected chi connectivity index (χ2v) is 6.11. The van der Waals surface area contributed by atoms with E-state index in [1.54, 1.807) is 69.8 Å². The lowest BCUT2D eigenvalue weighted by molar-refractivity contribution is 0.415. The van der Waals surface area contributed by atoms with Crippen LogP contribution in [0.5, 0.6) is 5.75 Å². The molecule has 0 saturated heterocycles. The van der Waals surface area contributed by atoms with Gasteiger partial charge in [-0.25, -0.2) is 4.39 Å². The average Bonchev–Trinajstić information content (AvgIpc) is 2.69. The van der Waals surface area contributed by atoms with E-state index < -0.39 is 0 Å². The SMILES string of the molecule is COc1ccc(C=c2c(=O)n(C)c(=Cc3ccc(F)cc3)c(=O)n2C)cc1. The maximum Gasteiger partial charge on any atom is 0.274 e. The van der Waals surface area contributed by atoms with Gasteiger partial charge in [0.05, 0.1) is 7.11 Å². The van der Waals surface area contributed by atoms with Gasteiger partial charge in [-0.15, -0.1) is 0 Å². The molecule has 0 atom stereocenters. The molecule has 3 aromatic rings. The highest BCUT2D eigenvalue weighted by Gasteiger charge is 2.06. The first-order valence-electron chi connectivity index (χ1n) is 8.30. The summed E-state index contributed by atoms with van der Waals surface area (Å²) in [7, 11) is 4.68. The quantitative estimate of drug-likeness (QED) is 0.692. The standard InChI is InChI=1S/C21H19FN2O3/c1-23-18(12-14-4-8-16(22)9-5-14)20(25)24(2)19(21(23)26)13-15-6-10-17(27-3)11-7-15/h4-13H,1-3H3. The Morgan fingerprint density at radius 3 is 1.59 bits per heavy atom. The van der Waals surface area contributed by atoms with E-state index in [2.05, 4.69) is 0 Å². The van der Waals surface area contributed by atoms with Crippen molar-refractivity contribution in [2.45, 2.75) is 0 Å². The van der Waals surface area contributed by atoms with Crippen LogP contribution in [0.4, 0.5) is 4.39 Å². The van der Waals surface area contributed by atoms with Crippen molar-refractivity contribution in [3.8, 4) is 5.75 Å². The highest BCUT2D eigenvalue weighted by Crippen LogP contribution is 2.11. The minimum atomic E-state index is -0.363. The lowest BCUT2D eigenvalue weighted by atomic mass is 10.2. The summed E-state index contributed by atoms with van der Waals surface area (Å²) in [6.07, 6.45) is 3.23. The molecule has 138 valence electrons. The first-order valence-corrected chi connectivity index (χ1v) is 8.30. The van der Waals surface area contributed by atoms with E-state index in [0.717, 1.165) is 5.56 Å². The minimum absolute atomic E-state index is 0.223. The van der Waals surface area contributed by atoms with Crippen LogP contribution in [-0.4, -0.2) is 16.2 Å². The smallest absolute Gasteiger partial charge is 0.274 e. The van der Waals surface area contributed by atoms with E-state index in [0.29, 0.717) is 11.3 Å². The molecule has 0 amide bonds. The first kappa shape index (κ1) is 18.4. The van der Waals surface area contributed by atoms with Gasteiger partial charge in [-0.1, -0.05) is 24.3 Å². The van der Waals surface area contributed by atoms with Crippen LogP contribution in [0.25, 0.3) is 12.2 Å². The number of hydrogen-bond acceptors (Lipinski definition) is 3. The summed E-state index contributed by atoms with van der Waals surface area (Å²) in [6, 6.07) is 12.9. The fraction of sp³-hybridized carbons (Fsp3) is 0.143.